The van der Waals surface area contributed by atoms with Crippen molar-refractivity contribution in [3.8, 4) is 5.95 Å². The van der Waals surface area contributed by atoms with E-state index in [1.54, 1.807) is 10.9 Å². The van der Waals surface area contributed by atoms with Gasteiger partial charge in [-0.2, -0.15) is 31.8 Å². The van der Waals surface area contributed by atoms with Gasteiger partial charge in [0.15, 0.2) is 0 Å². The van der Waals surface area contributed by atoms with E-state index >= 15 is 0 Å². The first-order chi connectivity index (χ1) is 10.3. The first-order valence-corrected chi connectivity index (χ1v) is 8.27. The molecule has 3 rings (SSSR count). The molecule has 1 aliphatic rings. The third kappa shape index (κ3) is 3.10. The summed E-state index contributed by atoms with van der Waals surface area (Å²) in [6.45, 7) is 5.96. The second-order valence-corrected chi connectivity index (χ2v) is 6.01. The van der Waals surface area contributed by atoms with E-state index < -0.39 is 0 Å². The van der Waals surface area contributed by atoms with Gasteiger partial charge in [0.2, 0.25) is 11.9 Å². The van der Waals surface area contributed by atoms with E-state index in [4.69, 9.17) is 0 Å². The number of thioether (sulfide) groups is 1. The van der Waals surface area contributed by atoms with Crippen molar-refractivity contribution in [1.82, 2.24) is 24.7 Å². The normalized spacial score (nSPS) is 18.8. The molecule has 0 amide bonds. The molecule has 1 fully saturated rings. The summed E-state index contributed by atoms with van der Waals surface area (Å²) in [4.78, 5) is 15.8. The van der Waals surface area contributed by atoms with E-state index in [-0.39, 0.29) is 0 Å². The van der Waals surface area contributed by atoms with Crippen molar-refractivity contribution in [3.63, 3.8) is 0 Å². The van der Waals surface area contributed by atoms with Gasteiger partial charge in [-0.15, -0.1) is 0 Å². The Bertz CT molecular complexity index is 586. The molecule has 0 aromatic carbocycles. The molecule has 0 aliphatic carbocycles. The largest absolute Gasteiger partial charge is 0.354 e. The summed E-state index contributed by atoms with van der Waals surface area (Å²) < 4.78 is 1.66. The van der Waals surface area contributed by atoms with Gasteiger partial charge in [-0.25, -0.2) is 4.68 Å². The smallest absolute Gasteiger partial charge is 0.257 e. The highest BCUT2D eigenvalue weighted by atomic mass is 32.2. The summed E-state index contributed by atoms with van der Waals surface area (Å²) in [7, 11) is 0. The molecule has 1 atom stereocenters. The number of nitrogens with zero attached hydrogens (tertiary/aromatic N) is 6. The molecule has 1 saturated heterocycles. The van der Waals surface area contributed by atoms with Crippen molar-refractivity contribution in [3.05, 3.63) is 18.5 Å². The third-order valence-corrected chi connectivity index (χ3v) is 4.47. The summed E-state index contributed by atoms with van der Waals surface area (Å²) in [6, 6.07) is 2.28. The Balaban J connectivity index is 1.98. The summed E-state index contributed by atoms with van der Waals surface area (Å²) >= 11 is 1.97. The molecule has 3 heterocycles. The van der Waals surface area contributed by atoms with Crippen LogP contribution in [0.4, 0.5) is 11.9 Å². The van der Waals surface area contributed by atoms with Gasteiger partial charge < -0.3 is 10.2 Å². The molecule has 1 aliphatic heterocycles. The molecule has 7 nitrogen and oxygen atoms in total. The molecule has 2 aromatic heterocycles. The van der Waals surface area contributed by atoms with Crippen molar-refractivity contribution in [2.45, 2.75) is 19.9 Å². The van der Waals surface area contributed by atoms with Crippen molar-refractivity contribution in [2.24, 2.45) is 0 Å². The Hall–Kier alpha value is -1.83. The molecular weight excluding hydrogens is 286 g/mol. The summed E-state index contributed by atoms with van der Waals surface area (Å²) in [5.41, 5.74) is 0. The van der Waals surface area contributed by atoms with Gasteiger partial charge >= 0.3 is 0 Å². The van der Waals surface area contributed by atoms with E-state index in [2.05, 4.69) is 37.2 Å². The van der Waals surface area contributed by atoms with Crippen molar-refractivity contribution >= 4 is 23.7 Å². The standard InChI is InChI=1S/C13H19N7S/c1-3-14-11-16-12(19-7-8-21-9-10(19)2)18-13(17-11)20-6-4-5-15-20/h4-6,10H,3,7-9H2,1-2H3,(H,14,16,17,18). The van der Waals surface area contributed by atoms with Crippen LogP contribution in [0.25, 0.3) is 5.95 Å². The predicted octanol–water partition coefficient (Wildman–Crippen LogP) is 1.43. The van der Waals surface area contributed by atoms with E-state index in [0.29, 0.717) is 17.9 Å². The lowest BCUT2D eigenvalue weighted by Gasteiger charge is -2.33. The number of hydrogen-bond donors (Lipinski definition) is 1. The van der Waals surface area contributed by atoms with Crippen LogP contribution in [0.2, 0.25) is 0 Å². The van der Waals surface area contributed by atoms with Gasteiger partial charge in [0.1, 0.15) is 0 Å². The van der Waals surface area contributed by atoms with Crippen molar-refractivity contribution < 1.29 is 0 Å². The van der Waals surface area contributed by atoms with E-state index in [1.807, 2.05) is 30.9 Å². The van der Waals surface area contributed by atoms with E-state index in [9.17, 15) is 0 Å². The van der Waals surface area contributed by atoms with Crippen LogP contribution in [-0.4, -0.2) is 55.4 Å². The molecule has 21 heavy (non-hydrogen) atoms. The first kappa shape index (κ1) is 14.1. The number of rotatable bonds is 4. The average Bonchev–Trinajstić information content (AvgIpc) is 3.02. The van der Waals surface area contributed by atoms with E-state index in [1.165, 1.54) is 0 Å². The highest BCUT2D eigenvalue weighted by Crippen LogP contribution is 2.22. The summed E-state index contributed by atoms with van der Waals surface area (Å²) in [6.07, 6.45) is 3.56. The molecule has 0 spiro atoms. The molecule has 2 aromatic rings. The van der Waals surface area contributed by atoms with Gasteiger partial charge in [0.05, 0.1) is 0 Å². The zero-order valence-corrected chi connectivity index (χ0v) is 13.0. The zero-order valence-electron chi connectivity index (χ0n) is 12.2. The molecule has 112 valence electrons. The van der Waals surface area contributed by atoms with Gasteiger partial charge in [-0.05, 0) is 19.9 Å². The van der Waals surface area contributed by atoms with E-state index in [0.717, 1.165) is 30.5 Å². The molecule has 0 saturated carbocycles. The Morgan fingerprint density at radius 1 is 1.33 bits per heavy atom. The Morgan fingerprint density at radius 2 is 2.19 bits per heavy atom. The van der Waals surface area contributed by atoms with Crippen molar-refractivity contribution in [1.29, 1.82) is 0 Å². The second kappa shape index (κ2) is 6.30. The predicted molar refractivity (Wildman–Crippen MR) is 85.2 cm³/mol. The lowest BCUT2D eigenvalue weighted by Crippen LogP contribution is -2.41. The summed E-state index contributed by atoms with van der Waals surface area (Å²) in [5.74, 6) is 4.06. The minimum atomic E-state index is 0.422. The van der Waals surface area contributed by atoms with Crippen LogP contribution < -0.4 is 10.2 Å². The van der Waals surface area contributed by atoms with Crippen LogP contribution in [0.1, 0.15) is 13.8 Å². The fraction of sp³-hybridized carbons (Fsp3) is 0.538. The van der Waals surface area contributed by atoms with Crippen LogP contribution in [-0.2, 0) is 0 Å². The monoisotopic (exact) mass is 305 g/mol. The topological polar surface area (TPSA) is 71.8 Å². The fourth-order valence-electron chi connectivity index (χ4n) is 2.23. The molecule has 1 unspecified atom stereocenters. The molecular formula is C13H19N7S. The van der Waals surface area contributed by atoms with Crippen molar-refractivity contribution in [2.75, 3.05) is 34.8 Å². The number of aromatic nitrogens is 5. The van der Waals surface area contributed by atoms with Gasteiger partial charge in [0, 0.05) is 43.0 Å². The number of hydrogen-bond acceptors (Lipinski definition) is 7. The summed E-state index contributed by atoms with van der Waals surface area (Å²) in [5, 5.41) is 7.38. The quantitative estimate of drug-likeness (QED) is 0.916. The highest BCUT2D eigenvalue weighted by molar-refractivity contribution is 7.99. The highest BCUT2D eigenvalue weighted by Gasteiger charge is 2.22. The van der Waals surface area contributed by atoms with Crippen LogP contribution in [0.15, 0.2) is 18.5 Å². The van der Waals surface area contributed by atoms with Crippen LogP contribution >= 0.6 is 11.8 Å². The minimum Gasteiger partial charge on any atom is -0.354 e. The Labute approximate surface area is 128 Å². The molecule has 0 radical (unpaired) electrons. The fourth-order valence-corrected chi connectivity index (χ4v) is 3.25. The third-order valence-electron chi connectivity index (χ3n) is 3.28. The lowest BCUT2D eigenvalue weighted by atomic mass is 10.3. The maximum atomic E-state index is 4.59. The molecule has 1 N–H and O–H groups in total. The van der Waals surface area contributed by atoms with Gasteiger partial charge in [-0.3, -0.25) is 0 Å². The Kier molecular flexibility index (Phi) is 4.23. The first-order valence-electron chi connectivity index (χ1n) is 7.12. The van der Waals surface area contributed by atoms with Crippen LogP contribution in [0.5, 0.6) is 0 Å². The maximum absolute atomic E-state index is 4.59. The van der Waals surface area contributed by atoms with Gasteiger partial charge in [-0.1, -0.05) is 0 Å². The molecule has 8 heteroatoms. The zero-order chi connectivity index (χ0) is 14.7. The second-order valence-electron chi connectivity index (χ2n) is 4.86. The number of anilines is 2. The molecule has 0 bridgehead atoms. The lowest BCUT2D eigenvalue weighted by molar-refractivity contribution is 0.668. The maximum Gasteiger partial charge on any atom is 0.257 e. The van der Waals surface area contributed by atoms with Crippen LogP contribution in [0.3, 0.4) is 0 Å². The van der Waals surface area contributed by atoms with Gasteiger partial charge in [0.25, 0.3) is 5.95 Å². The SMILES string of the molecule is CCNc1nc(N2CCSCC2C)nc(-n2cccn2)n1. The average molecular weight is 305 g/mol. The van der Waals surface area contributed by atoms with Crippen LogP contribution in [0, 0.1) is 0 Å². The minimum absolute atomic E-state index is 0.422. The Morgan fingerprint density at radius 3 is 2.90 bits per heavy atom. The number of nitrogens with one attached hydrogen (secondary N) is 1.